The molecule has 2 fully saturated rings. The first-order chi connectivity index (χ1) is 15.6. The molecule has 0 amide bonds. The summed E-state index contributed by atoms with van der Waals surface area (Å²) in [4.78, 5) is 2.33. The van der Waals surface area contributed by atoms with Crippen LogP contribution in [0.15, 0.2) is 73.0 Å². The number of morpholine rings is 1. The first kappa shape index (κ1) is 25.6. The minimum absolute atomic E-state index is 0.172. The number of aromatic nitrogens is 3. The van der Waals surface area contributed by atoms with Gasteiger partial charge in [-0.15, -0.1) is 10.2 Å². The molecule has 0 aromatic carbocycles. The average molecular weight is 437 g/mol. The highest BCUT2D eigenvalue weighted by Crippen LogP contribution is 2.54. The van der Waals surface area contributed by atoms with Crippen LogP contribution >= 0.6 is 0 Å². The Labute approximate surface area is 194 Å². The van der Waals surface area contributed by atoms with Crippen molar-refractivity contribution in [2.45, 2.75) is 46.5 Å². The quantitative estimate of drug-likeness (QED) is 0.464. The van der Waals surface area contributed by atoms with Gasteiger partial charge in [0, 0.05) is 44.1 Å². The van der Waals surface area contributed by atoms with Gasteiger partial charge in [-0.25, -0.2) is 0 Å². The largest absolute Gasteiger partial charge is 0.378 e. The summed E-state index contributed by atoms with van der Waals surface area (Å²) in [5, 5.41) is 8.96. The minimum Gasteiger partial charge on any atom is -0.378 e. The molecule has 1 aromatic rings. The molecule has 3 rings (SSSR count). The van der Waals surface area contributed by atoms with Gasteiger partial charge in [0.05, 0.1) is 13.2 Å². The lowest BCUT2D eigenvalue weighted by Gasteiger charge is -2.29. The molecular weight excluding hydrogens is 396 g/mol. The number of hydrogen-bond donors (Lipinski definition) is 0. The van der Waals surface area contributed by atoms with Crippen molar-refractivity contribution in [1.29, 1.82) is 0 Å². The smallest absolute Gasteiger partial charge is 0.136 e. The van der Waals surface area contributed by atoms with Crippen molar-refractivity contribution >= 4 is 0 Å². The summed E-state index contributed by atoms with van der Waals surface area (Å²) in [6, 6.07) is 0. The van der Waals surface area contributed by atoms with Crippen molar-refractivity contribution in [2.24, 2.45) is 12.5 Å². The summed E-state index contributed by atoms with van der Waals surface area (Å²) in [5.41, 5.74) is 2.64. The Morgan fingerprint density at radius 1 is 1.09 bits per heavy atom. The summed E-state index contributed by atoms with van der Waals surface area (Å²) in [6.45, 7) is 17.3. The SMILES string of the molecule is C=C/C=C(\C=C/Cc1nnc(CC2(/C(C=C)=C/C=C\C)CC2)n1C)N1CCOCC1.CC. The monoisotopic (exact) mass is 436 g/mol. The maximum absolute atomic E-state index is 5.46. The fraction of sp³-hybridized carbons (Fsp3) is 0.481. The zero-order valence-corrected chi connectivity index (χ0v) is 20.4. The van der Waals surface area contributed by atoms with Gasteiger partial charge in [-0.3, -0.25) is 0 Å². The maximum Gasteiger partial charge on any atom is 0.136 e. The van der Waals surface area contributed by atoms with E-state index in [4.69, 9.17) is 4.74 Å². The second-order valence-electron chi connectivity index (χ2n) is 7.93. The third-order valence-corrected chi connectivity index (χ3v) is 5.96. The van der Waals surface area contributed by atoms with Crippen molar-refractivity contribution in [3.05, 3.63) is 84.7 Å². The lowest BCUT2D eigenvalue weighted by atomic mass is 9.91. The molecular formula is C27H40N4O. The van der Waals surface area contributed by atoms with Crippen molar-refractivity contribution in [3.63, 3.8) is 0 Å². The van der Waals surface area contributed by atoms with E-state index in [9.17, 15) is 0 Å². The molecule has 1 saturated carbocycles. The Morgan fingerprint density at radius 3 is 2.38 bits per heavy atom. The fourth-order valence-electron chi connectivity index (χ4n) is 3.91. The topological polar surface area (TPSA) is 43.2 Å². The normalized spacial score (nSPS) is 18.6. The van der Waals surface area contributed by atoms with Crippen LogP contribution in [-0.2, 0) is 24.6 Å². The van der Waals surface area contributed by atoms with Crippen LogP contribution in [-0.4, -0.2) is 46.0 Å². The maximum atomic E-state index is 5.46. The number of ether oxygens (including phenoxy) is 1. The van der Waals surface area contributed by atoms with Gasteiger partial charge in [0.15, 0.2) is 0 Å². The summed E-state index contributed by atoms with van der Waals surface area (Å²) in [5.74, 6) is 2.02. The van der Waals surface area contributed by atoms with Crippen LogP contribution in [0.1, 0.15) is 45.3 Å². The van der Waals surface area contributed by atoms with Crippen LogP contribution in [0.4, 0.5) is 0 Å². The van der Waals surface area contributed by atoms with E-state index < -0.39 is 0 Å². The highest BCUT2D eigenvalue weighted by Gasteiger charge is 2.45. The molecule has 0 spiro atoms. The summed E-state index contributed by atoms with van der Waals surface area (Å²) >= 11 is 0. The van der Waals surface area contributed by atoms with Gasteiger partial charge in [0.2, 0.25) is 0 Å². The standard InChI is InChI=1S/C25H34N4O.C2H6/c1-5-8-11-21(7-3)25(14-15-25)20-24-27-26-23(28(24)4)13-9-12-22(10-6-2)29-16-18-30-19-17-29;1-2/h5-12H,2-3,13-20H2,1,4H3;1-2H3/b8-5-,12-9-,21-11+,22-10+;. The van der Waals surface area contributed by atoms with Crippen LogP contribution < -0.4 is 0 Å². The molecule has 174 valence electrons. The van der Waals surface area contributed by atoms with E-state index in [0.29, 0.717) is 0 Å². The van der Waals surface area contributed by atoms with E-state index in [1.807, 2.05) is 32.9 Å². The van der Waals surface area contributed by atoms with Gasteiger partial charge in [-0.1, -0.05) is 63.5 Å². The Balaban J connectivity index is 0.00000176. The fourth-order valence-corrected chi connectivity index (χ4v) is 3.91. The van der Waals surface area contributed by atoms with Gasteiger partial charge < -0.3 is 14.2 Å². The van der Waals surface area contributed by atoms with Crippen molar-refractivity contribution in [1.82, 2.24) is 19.7 Å². The lowest BCUT2D eigenvalue weighted by Crippen LogP contribution is -2.35. The zero-order valence-electron chi connectivity index (χ0n) is 20.4. The lowest BCUT2D eigenvalue weighted by molar-refractivity contribution is 0.0554. The van der Waals surface area contributed by atoms with Gasteiger partial charge in [0.1, 0.15) is 11.6 Å². The van der Waals surface area contributed by atoms with E-state index in [0.717, 1.165) is 56.5 Å². The second kappa shape index (κ2) is 13.0. The van der Waals surface area contributed by atoms with E-state index in [2.05, 4.69) is 76.3 Å². The Hall–Kier alpha value is -2.66. The first-order valence-corrected chi connectivity index (χ1v) is 11.8. The van der Waals surface area contributed by atoms with Crippen LogP contribution in [0.2, 0.25) is 0 Å². The van der Waals surface area contributed by atoms with E-state index in [1.165, 1.54) is 18.4 Å². The van der Waals surface area contributed by atoms with Crippen LogP contribution in [0.3, 0.4) is 0 Å². The number of nitrogens with zero attached hydrogens (tertiary/aromatic N) is 4. The van der Waals surface area contributed by atoms with E-state index in [-0.39, 0.29) is 5.41 Å². The molecule has 0 atom stereocenters. The molecule has 1 aliphatic heterocycles. The predicted octanol–water partition coefficient (Wildman–Crippen LogP) is 5.35. The molecule has 1 aromatic heterocycles. The third kappa shape index (κ3) is 6.67. The highest BCUT2D eigenvalue weighted by atomic mass is 16.5. The Morgan fingerprint density at radius 2 is 1.78 bits per heavy atom. The average Bonchev–Trinajstić information content (AvgIpc) is 3.54. The first-order valence-electron chi connectivity index (χ1n) is 11.8. The number of rotatable bonds is 10. The molecule has 32 heavy (non-hydrogen) atoms. The van der Waals surface area contributed by atoms with Crippen LogP contribution in [0, 0.1) is 5.41 Å². The Bertz CT molecular complexity index is 862. The molecule has 0 radical (unpaired) electrons. The summed E-state index contributed by atoms with van der Waals surface area (Å²) < 4.78 is 7.60. The summed E-state index contributed by atoms with van der Waals surface area (Å²) in [6.07, 6.45) is 20.5. The number of hydrogen-bond acceptors (Lipinski definition) is 4. The van der Waals surface area contributed by atoms with Crippen LogP contribution in [0.5, 0.6) is 0 Å². The molecule has 0 unspecified atom stereocenters. The molecule has 2 aliphatic rings. The van der Waals surface area contributed by atoms with Crippen LogP contribution in [0.25, 0.3) is 0 Å². The van der Waals surface area contributed by atoms with Gasteiger partial charge >= 0.3 is 0 Å². The molecule has 5 nitrogen and oxygen atoms in total. The third-order valence-electron chi connectivity index (χ3n) is 5.96. The van der Waals surface area contributed by atoms with Crippen molar-refractivity contribution in [3.8, 4) is 0 Å². The molecule has 1 saturated heterocycles. The molecule has 0 N–H and O–H groups in total. The zero-order chi connectivity index (χ0) is 23.4. The minimum atomic E-state index is 0.172. The second-order valence-corrected chi connectivity index (χ2v) is 7.93. The number of allylic oxidation sites excluding steroid dienone is 9. The van der Waals surface area contributed by atoms with Gasteiger partial charge in [0.25, 0.3) is 0 Å². The van der Waals surface area contributed by atoms with E-state index in [1.54, 1.807) is 0 Å². The molecule has 1 aliphatic carbocycles. The molecule has 5 heteroatoms. The summed E-state index contributed by atoms with van der Waals surface area (Å²) in [7, 11) is 2.07. The molecule has 2 heterocycles. The van der Waals surface area contributed by atoms with Crippen molar-refractivity contribution in [2.75, 3.05) is 26.3 Å². The molecule has 0 bridgehead atoms. The van der Waals surface area contributed by atoms with Gasteiger partial charge in [-0.2, -0.15) is 0 Å². The van der Waals surface area contributed by atoms with Crippen molar-refractivity contribution < 1.29 is 4.74 Å². The highest BCUT2D eigenvalue weighted by molar-refractivity contribution is 5.35. The Kier molecular flexibility index (Phi) is 10.4. The van der Waals surface area contributed by atoms with Gasteiger partial charge in [-0.05, 0) is 37.5 Å². The predicted molar refractivity (Wildman–Crippen MR) is 134 cm³/mol. The van der Waals surface area contributed by atoms with E-state index >= 15 is 0 Å².